The smallest absolute Gasteiger partial charge is 0.243 e. The lowest BCUT2D eigenvalue weighted by Crippen LogP contribution is -2.26. The minimum absolute atomic E-state index is 0.146. The zero-order chi connectivity index (χ0) is 14.8. The van der Waals surface area contributed by atoms with Crippen LogP contribution in [0.25, 0.3) is 0 Å². The second kappa shape index (κ2) is 6.31. The predicted molar refractivity (Wildman–Crippen MR) is 80.9 cm³/mol. The number of nitrogens with one attached hydrogen (secondary N) is 1. The summed E-state index contributed by atoms with van der Waals surface area (Å²) in [5.74, 6) is 0. The van der Waals surface area contributed by atoms with E-state index < -0.39 is 10.0 Å². The maximum atomic E-state index is 12.3. The second-order valence-electron chi connectivity index (χ2n) is 4.13. The molecule has 2 N–H and O–H groups in total. The van der Waals surface area contributed by atoms with Crippen LogP contribution in [-0.2, 0) is 16.6 Å². The van der Waals surface area contributed by atoms with Crippen LogP contribution in [0.2, 0.25) is 0 Å². The fourth-order valence-electron chi connectivity index (χ4n) is 1.68. The van der Waals surface area contributed by atoms with Crippen molar-refractivity contribution in [3.05, 3.63) is 44.8 Å². The molecule has 5 nitrogen and oxygen atoms in total. The molecule has 0 radical (unpaired) electrons. The molecule has 2 heterocycles. The number of hydrogen-bond donors (Lipinski definition) is 2. The Morgan fingerprint density at radius 2 is 2.10 bits per heavy atom. The van der Waals surface area contributed by atoms with Gasteiger partial charge in [-0.15, -0.1) is 11.3 Å². The Kier molecular flexibility index (Phi) is 4.92. The van der Waals surface area contributed by atoms with Crippen LogP contribution < -0.4 is 4.72 Å². The SMILES string of the molecule is CC(NS(=O)(=O)c1cc(CO)sc1Br)c1ccncc1. The number of hydrogen-bond acceptors (Lipinski definition) is 5. The van der Waals surface area contributed by atoms with E-state index in [1.165, 1.54) is 17.4 Å². The van der Waals surface area contributed by atoms with E-state index in [2.05, 4.69) is 25.6 Å². The van der Waals surface area contributed by atoms with E-state index in [9.17, 15) is 8.42 Å². The quantitative estimate of drug-likeness (QED) is 0.839. The lowest BCUT2D eigenvalue weighted by molar-refractivity contribution is 0.285. The van der Waals surface area contributed by atoms with Crippen molar-refractivity contribution in [2.75, 3.05) is 0 Å². The van der Waals surface area contributed by atoms with E-state index in [0.29, 0.717) is 8.66 Å². The Hall–Kier alpha value is -0.800. The van der Waals surface area contributed by atoms with Crippen molar-refractivity contribution in [3.8, 4) is 0 Å². The number of halogens is 1. The first kappa shape index (κ1) is 15.6. The molecule has 0 fully saturated rings. The van der Waals surface area contributed by atoms with Crippen molar-refractivity contribution < 1.29 is 13.5 Å². The maximum absolute atomic E-state index is 12.3. The molecule has 0 aliphatic carbocycles. The molecule has 108 valence electrons. The van der Waals surface area contributed by atoms with E-state index in [0.717, 1.165) is 5.56 Å². The Bertz CT molecular complexity index is 686. The van der Waals surface area contributed by atoms with Crippen LogP contribution in [-0.4, -0.2) is 18.5 Å². The van der Waals surface area contributed by atoms with Crippen LogP contribution in [0.1, 0.15) is 23.4 Å². The molecule has 2 aromatic heterocycles. The third-order valence-electron chi connectivity index (χ3n) is 2.69. The summed E-state index contributed by atoms with van der Waals surface area (Å²) in [5.41, 5.74) is 0.831. The van der Waals surface area contributed by atoms with Gasteiger partial charge in [-0.2, -0.15) is 0 Å². The number of pyridine rings is 1. The van der Waals surface area contributed by atoms with Gasteiger partial charge in [0.1, 0.15) is 4.90 Å². The zero-order valence-electron chi connectivity index (χ0n) is 10.6. The molecule has 0 saturated carbocycles. The topological polar surface area (TPSA) is 79.3 Å². The molecular formula is C12H13BrN2O3S2. The van der Waals surface area contributed by atoms with Crippen molar-refractivity contribution in [1.29, 1.82) is 0 Å². The highest BCUT2D eigenvalue weighted by atomic mass is 79.9. The lowest BCUT2D eigenvalue weighted by Gasteiger charge is -2.13. The van der Waals surface area contributed by atoms with Gasteiger partial charge in [0, 0.05) is 23.3 Å². The van der Waals surface area contributed by atoms with Crippen LogP contribution in [0.3, 0.4) is 0 Å². The minimum atomic E-state index is -3.65. The molecule has 0 saturated heterocycles. The van der Waals surface area contributed by atoms with Crippen molar-refractivity contribution in [2.45, 2.75) is 24.5 Å². The summed E-state index contributed by atoms with van der Waals surface area (Å²) in [5, 5.41) is 9.07. The van der Waals surface area contributed by atoms with E-state index in [-0.39, 0.29) is 17.5 Å². The van der Waals surface area contributed by atoms with Crippen LogP contribution in [0.15, 0.2) is 39.3 Å². The van der Waals surface area contributed by atoms with Gasteiger partial charge in [0.05, 0.1) is 10.4 Å². The molecule has 0 spiro atoms. The summed E-state index contributed by atoms with van der Waals surface area (Å²) in [7, 11) is -3.65. The average Bonchev–Trinajstić information content (AvgIpc) is 2.81. The number of rotatable bonds is 5. The Morgan fingerprint density at radius 1 is 1.45 bits per heavy atom. The molecule has 2 rings (SSSR count). The Morgan fingerprint density at radius 3 is 2.65 bits per heavy atom. The van der Waals surface area contributed by atoms with Gasteiger partial charge in [-0.1, -0.05) is 0 Å². The zero-order valence-corrected chi connectivity index (χ0v) is 13.8. The molecule has 20 heavy (non-hydrogen) atoms. The Labute approximate surface area is 129 Å². The van der Waals surface area contributed by atoms with Gasteiger partial charge in [0.25, 0.3) is 0 Å². The van der Waals surface area contributed by atoms with Gasteiger partial charge in [-0.3, -0.25) is 4.98 Å². The number of aliphatic hydroxyl groups excluding tert-OH is 1. The predicted octanol–water partition coefficient (Wildman–Crippen LogP) is 2.44. The van der Waals surface area contributed by atoms with Crippen molar-refractivity contribution >= 4 is 37.3 Å². The molecule has 0 aliphatic heterocycles. The summed E-state index contributed by atoms with van der Waals surface area (Å²) >= 11 is 4.42. The van der Waals surface area contributed by atoms with Crippen LogP contribution >= 0.6 is 27.3 Å². The largest absolute Gasteiger partial charge is 0.391 e. The molecule has 0 aromatic carbocycles. The first-order chi connectivity index (χ1) is 9.44. The summed E-state index contributed by atoms with van der Waals surface area (Å²) in [6, 6.07) is 4.62. The molecule has 8 heteroatoms. The lowest BCUT2D eigenvalue weighted by atomic mass is 10.1. The summed E-state index contributed by atoms with van der Waals surface area (Å²) < 4.78 is 27.8. The van der Waals surface area contributed by atoms with Gasteiger partial charge in [0.2, 0.25) is 10.0 Å². The number of aromatic nitrogens is 1. The summed E-state index contributed by atoms with van der Waals surface area (Å²) in [6.07, 6.45) is 3.23. The molecule has 2 aromatic rings. The van der Waals surface area contributed by atoms with Crippen molar-refractivity contribution in [3.63, 3.8) is 0 Å². The highest BCUT2D eigenvalue weighted by Gasteiger charge is 2.23. The summed E-state index contributed by atoms with van der Waals surface area (Å²) in [6.45, 7) is 1.58. The van der Waals surface area contributed by atoms with E-state index >= 15 is 0 Å². The van der Waals surface area contributed by atoms with Gasteiger partial charge in [-0.25, -0.2) is 13.1 Å². The molecule has 0 bridgehead atoms. The fraction of sp³-hybridized carbons (Fsp3) is 0.250. The monoisotopic (exact) mass is 376 g/mol. The molecule has 0 amide bonds. The van der Waals surface area contributed by atoms with E-state index in [1.54, 1.807) is 31.5 Å². The number of nitrogens with zero attached hydrogens (tertiary/aromatic N) is 1. The maximum Gasteiger partial charge on any atom is 0.243 e. The molecule has 0 aliphatic rings. The van der Waals surface area contributed by atoms with Gasteiger partial charge >= 0.3 is 0 Å². The van der Waals surface area contributed by atoms with Gasteiger partial charge < -0.3 is 5.11 Å². The minimum Gasteiger partial charge on any atom is -0.391 e. The highest BCUT2D eigenvalue weighted by Crippen LogP contribution is 2.32. The van der Waals surface area contributed by atoms with Crippen LogP contribution in [0.4, 0.5) is 0 Å². The normalized spacial score (nSPS) is 13.3. The fourth-order valence-corrected chi connectivity index (χ4v) is 5.45. The third-order valence-corrected chi connectivity index (χ3v) is 6.47. The molecule has 1 unspecified atom stereocenters. The van der Waals surface area contributed by atoms with Gasteiger partial charge in [-0.05, 0) is 46.6 Å². The first-order valence-corrected chi connectivity index (χ1v) is 8.84. The first-order valence-electron chi connectivity index (χ1n) is 5.75. The average molecular weight is 377 g/mol. The van der Waals surface area contributed by atoms with E-state index in [4.69, 9.17) is 5.11 Å². The van der Waals surface area contributed by atoms with Crippen molar-refractivity contribution in [2.24, 2.45) is 0 Å². The number of sulfonamides is 1. The highest BCUT2D eigenvalue weighted by molar-refractivity contribution is 9.11. The number of aliphatic hydroxyl groups is 1. The second-order valence-corrected chi connectivity index (χ2v) is 8.27. The van der Waals surface area contributed by atoms with Gasteiger partial charge in [0.15, 0.2) is 0 Å². The standard InChI is InChI=1S/C12H13BrN2O3S2/c1-8(9-2-4-14-5-3-9)15-20(17,18)11-6-10(7-16)19-12(11)13/h2-6,8,15-16H,7H2,1H3. The summed E-state index contributed by atoms with van der Waals surface area (Å²) in [4.78, 5) is 4.64. The number of thiophene rings is 1. The van der Waals surface area contributed by atoms with Crippen LogP contribution in [0.5, 0.6) is 0 Å². The molecular weight excluding hydrogens is 364 g/mol. The third kappa shape index (κ3) is 3.44. The van der Waals surface area contributed by atoms with Crippen LogP contribution in [0, 0.1) is 0 Å². The van der Waals surface area contributed by atoms with Crippen molar-refractivity contribution in [1.82, 2.24) is 9.71 Å². The molecule has 1 atom stereocenters. The van der Waals surface area contributed by atoms with E-state index in [1.807, 2.05) is 0 Å². The Balaban J connectivity index is 2.25.